The van der Waals surface area contributed by atoms with E-state index in [9.17, 15) is 0 Å². The van der Waals surface area contributed by atoms with Gasteiger partial charge in [-0.2, -0.15) is 0 Å². The van der Waals surface area contributed by atoms with Crippen LogP contribution in [0.5, 0.6) is 5.75 Å². The van der Waals surface area contributed by atoms with Crippen molar-refractivity contribution < 1.29 is 4.74 Å². The molecular weight excluding hydrogens is 344 g/mol. The third kappa shape index (κ3) is 2.83. The van der Waals surface area contributed by atoms with Crippen LogP contribution in [0.2, 0.25) is 0 Å². The quantitative estimate of drug-likeness (QED) is 0.720. The molecule has 3 nitrogen and oxygen atoms in total. The molecule has 2 aromatic rings. The van der Waals surface area contributed by atoms with E-state index in [4.69, 9.17) is 10.5 Å². The molecule has 0 amide bonds. The SMILES string of the molecule is Cc1c(C)c2c(c(C)c1N)C(c1ccc(C(C)C)cc1)C1(CCN(C)CC1)O2. The minimum absolute atomic E-state index is 0.163. The fraction of sp³-hybridized carbons (Fsp3) is 0.520. The summed E-state index contributed by atoms with van der Waals surface area (Å²) in [5, 5.41) is 0. The van der Waals surface area contributed by atoms with Gasteiger partial charge in [0, 0.05) is 37.2 Å². The molecule has 2 aromatic carbocycles. The van der Waals surface area contributed by atoms with Crippen LogP contribution in [0.3, 0.4) is 0 Å². The van der Waals surface area contributed by atoms with E-state index in [1.165, 1.54) is 27.8 Å². The lowest BCUT2D eigenvalue weighted by Crippen LogP contribution is -2.48. The highest BCUT2D eigenvalue weighted by Gasteiger charge is 2.51. The normalized spacial score (nSPS) is 21.2. The van der Waals surface area contributed by atoms with Crippen LogP contribution in [-0.2, 0) is 0 Å². The number of nitrogens with zero attached hydrogens (tertiary/aromatic N) is 1. The molecule has 0 aliphatic carbocycles. The first-order chi connectivity index (χ1) is 13.2. The van der Waals surface area contributed by atoms with Gasteiger partial charge in [0.25, 0.3) is 0 Å². The minimum Gasteiger partial charge on any atom is -0.486 e. The highest BCUT2D eigenvalue weighted by atomic mass is 16.5. The van der Waals surface area contributed by atoms with Gasteiger partial charge in [0.15, 0.2) is 0 Å². The lowest BCUT2D eigenvalue weighted by atomic mass is 9.72. The van der Waals surface area contributed by atoms with E-state index in [0.717, 1.165) is 42.9 Å². The summed E-state index contributed by atoms with van der Waals surface area (Å²) in [5.74, 6) is 1.88. The highest BCUT2D eigenvalue weighted by Crippen LogP contribution is 2.56. The van der Waals surface area contributed by atoms with Gasteiger partial charge in [-0.1, -0.05) is 38.1 Å². The van der Waals surface area contributed by atoms with E-state index >= 15 is 0 Å². The summed E-state index contributed by atoms with van der Waals surface area (Å²) in [6.07, 6.45) is 2.10. The number of nitrogen functional groups attached to an aromatic ring is 1. The molecule has 0 bridgehead atoms. The van der Waals surface area contributed by atoms with Crippen molar-refractivity contribution in [3.05, 3.63) is 57.6 Å². The van der Waals surface area contributed by atoms with Crippen LogP contribution in [-0.4, -0.2) is 30.6 Å². The zero-order valence-electron chi connectivity index (χ0n) is 18.2. The Morgan fingerprint density at radius 2 is 1.61 bits per heavy atom. The molecular formula is C25H34N2O. The van der Waals surface area contributed by atoms with Crippen LogP contribution >= 0.6 is 0 Å². The Bertz CT molecular complexity index is 890. The van der Waals surface area contributed by atoms with Gasteiger partial charge in [-0.05, 0) is 61.6 Å². The summed E-state index contributed by atoms with van der Waals surface area (Å²) in [5.41, 5.74) is 14.9. The van der Waals surface area contributed by atoms with Gasteiger partial charge in [0.1, 0.15) is 11.4 Å². The third-order valence-electron chi connectivity index (χ3n) is 7.25. The van der Waals surface area contributed by atoms with Crippen LogP contribution in [0.1, 0.15) is 71.9 Å². The van der Waals surface area contributed by atoms with Gasteiger partial charge in [0.2, 0.25) is 0 Å². The second kappa shape index (κ2) is 6.81. The summed E-state index contributed by atoms with van der Waals surface area (Å²) in [4.78, 5) is 2.41. The van der Waals surface area contributed by atoms with Crippen LogP contribution in [0.15, 0.2) is 24.3 Å². The monoisotopic (exact) mass is 378 g/mol. The predicted octanol–water partition coefficient (Wildman–Crippen LogP) is 5.31. The van der Waals surface area contributed by atoms with E-state index in [2.05, 4.69) is 70.8 Å². The van der Waals surface area contributed by atoms with Gasteiger partial charge >= 0.3 is 0 Å². The van der Waals surface area contributed by atoms with Gasteiger partial charge in [-0.25, -0.2) is 0 Å². The molecule has 2 aliphatic heterocycles. The summed E-state index contributed by atoms with van der Waals surface area (Å²) < 4.78 is 6.89. The molecule has 1 spiro atoms. The number of likely N-dealkylation sites (tertiary alicyclic amines) is 1. The van der Waals surface area contributed by atoms with Gasteiger partial charge in [-0.15, -0.1) is 0 Å². The van der Waals surface area contributed by atoms with Crippen molar-refractivity contribution in [1.82, 2.24) is 4.90 Å². The Hall–Kier alpha value is -2.00. The molecule has 0 radical (unpaired) electrons. The molecule has 0 saturated carbocycles. The Labute approximate surface area is 169 Å². The first-order valence-corrected chi connectivity index (χ1v) is 10.6. The van der Waals surface area contributed by atoms with E-state index in [0.29, 0.717) is 5.92 Å². The predicted molar refractivity (Wildman–Crippen MR) is 118 cm³/mol. The fourth-order valence-electron chi connectivity index (χ4n) is 5.11. The standard InChI is InChI=1S/C25H34N2O/c1-15(2)19-7-9-20(10-8-19)22-21-18(5)23(26)16(3)17(4)24(21)28-25(22)11-13-27(6)14-12-25/h7-10,15,22H,11-14,26H2,1-6H3. The fourth-order valence-corrected chi connectivity index (χ4v) is 5.11. The Morgan fingerprint density at radius 1 is 1.00 bits per heavy atom. The van der Waals surface area contributed by atoms with Gasteiger partial charge in [-0.3, -0.25) is 0 Å². The third-order valence-corrected chi connectivity index (χ3v) is 7.25. The number of fused-ring (bicyclic) bond motifs is 1. The van der Waals surface area contributed by atoms with Gasteiger partial charge in [0.05, 0.1) is 5.92 Å². The average Bonchev–Trinajstić information content (AvgIpc) is 3.02. The van der Waals surface area contributed by atoms with E-state index in [1.54, 1.807) is 0 Å². The summed E-state index contributed by atoms with van der Waals surface area (Å²) >= 11 is 0. The highest BCUT2D eigenvalue weighted by molar-refractivity contribution is 5.69. The molecule has 1 unspecified atom stereocenters. The van der Waals surface area contributed by atoms with Crippen molar-refractivity contribution in [1.29, 1.82) is 0 Å². The summed E-state index contributed by atoms with van der Waals surface area (Å²) in [6, 6.07) is 9.23. The van der Waals surface area contributed by atoms with E-state index < -0.39 is 0 Å². The second-order valence-electron chi connectivity index (χ2n) is 9.26. The molecule has 1 fully saturated rings. The molecule has 1 atom stereocenters. The van der Waals surface area contributed by atoms with Crippen molar-refractivity contribution in [2.45, 2.75) is 64.9 Å². The molecule has 2 aliphatic rings. The van der Waals surface area contributed by atoms with Crippen molar-refractivity contribution in [2.75, 3.05) is 25.9 Å². The first kappa shape index (κ1) is 19.3. The van der Waals surface area contributed by atoms with Crippen LogP contribution in [0, 0.1) is 20.8 Å². The average molecular weight is 379 g/mol. The minimum atomic E-state index is -0.163. The van der Waals surface area contributed by atoms with E-state index in [-0.39, 0.29) is 11.5 Å². The Balaban J connectivity index is 1.90. The van der Waals surface area contributed by atoms with Crippen LogP contribution < -0.4 is 10.5 Å². The maximum atomic E-state index is 6.89. The number of hydrogen-bond acceptors (Lipinski definition) is 3. The van der Waals surface area contributed by atoms with Crippen molar-refractivity contribution in [3.63, 3.8) is 0 Å². The zero-order valence-corrected chi connectivity index (χ0v) is 18.2. The lowest BCUT2D eigenvalue weighted by Gasteiger charge is -2.41. The zero-order chi connectivity index (χ0) is 20.2. The number of nitrogens with two attached hydrogens (primary N) is 1. The molecule has 28 heavy (non-hydrogen) atoms. The van der Waals surface area contributed by atoms with Crippen LogP contribution in [0.25, 0.3) is 0 Å². The molecule has 2 N–H and O–H groups in total. The smallest absolute Gasteiger partial charge is 0.127 e. The number of rotatable bonds is 2. The second-order valence-corrected chi connectivity index (χ2v) is 9.26. The number of piperidine rings is 1. The van der Waals surface area contributed by atoms with Crippen molar-refractivity contribution >= 4 is 5.69 Å². The number of benzene rings is 2. The Kier molecular flexibility index (Phi) is 4.70. The molecule has 4 rings (SSSR count). The largest absolute Gasteiger partial charge is 0.486 e. The molecule has 2 heterocycles. The molecule has 1 saturated heterocycles. The van der Waals surface area contributed by atoms with E-state index in [1.807, 2.05) is 0 Å². The topological polar surface area (TPSA) is 38.5 Å². The molecule has 0 aromatic heterocycles. The Morgan fingerprint density at radius 3 is 2.18 bits per heavy atom. The number of hydrogen-bond donors (Lipinski definition) is 1. The molecule has 3 heteroatoms. The lowest BCUT2D eigenvalue weighted by molar-refractivity contribution is 0.0145. The van der Waals surface area contributed by atoms with Crippen molar-refractivity contribution in [2.24, 2.45) is 0 Å². The maximum Gasteiger partial charge on any atom is 0.127 e. The summed E-state index contributed by atoms with van der Waals surface area (Å²) in [6.45, 7) is 13.1. The van der Waals surface area contributed by atoms with Gasteiger partial charge < -0.3 is 15.4 Å². The molecule has 150 valence electrons. The van der Waals surface area contributed by atoms with Crippen LogP contribution in [0.4, 0.5) is 5.69 Å². The number of anilines is 1. The maximum absolute atomic E-state index is 6.89. The van der Waals surface area contributed by atoms with Crippen molar-refractivity contribution in [3.8, 4) is 5.75 Å². The first-order valence-electron chi connectivity index (χ1n) is 10.6. The summed E-state index contributed by atoms with van der Waals surface area (Å²) in [7, 11) is 2.21. The number of ether oxygens (including phenoxy) is 1.